The van der Waals surface area contributed by atoms with Gasteiger partial charge < -0.3 is 14.6 Å². The van der Waals surface area contributed by atoms with E-state index in [2.05, 4.69) is 0 Å². The molecule has 0 saturated heterocycles. The van der Waals surface area contributed by atoms with Gasteiger partial charge in [0.2, 0.25) is 11.7 Å². The Kier molecular flexibility index (Phi) is 6.88. The molecule has 3 aromatic rings. The van der Waals surface area contributed by atoms with Crippen molar-refractivity contribution in [2.75, 3.05) is 7.11 Å². The number of hydrogen-bond donors (Lipinski definition) is 1. The highest BCUT2D eigenvalue weighted by Crippen LogP contribution is 2.26. The van der Waals surface area contributed by atoms with E-state index in [-0.39, 0.29) is 23.2 Å². The number of aromatic hydroxyl groups is 1. The number of carbonyl (C=O) groups is 1. The fourth-order valence-corrected chi connectivity index (χ4v) is 3.77. The topological polar surface area (TPSA) is 102 Å². The first kappa shape index (κ1) is 23.6. The van der Waals surface area contributed by atoms with Crippen molar-refractivity contribution in [1.29, 1.82) is 5.26 Å². The number of carbonyl (C=O) groups excluding carboxylic acids is 1. The van der Waals surface area contributed by atoms with Gasteiger partial charge in [0.1, 0.15) is 23.1 Å². The van der Waals surface area contributed by atoms with Gasteiger partial charge in [0.15, 0.2) is 6.10 Å². The van der Waals surface area contributed by atoms with E-state index in [0.717, 1.165) is 15.7 Å². The molecule has 2 aromatic carbocycles. The van der Waals surface area contributed by atoms with E-state index in [1.54, 1.807) is 38.3 Å². The van der Waals surface area contributed by atoms with Crippen LogP contribution in [0.1, 0.15) is 45.1 Å². The molecule has 0 radical (unpaired) electrons. The Morgan fingerprint density at radius 2 is 1.70 bits per heavy atom. The number of benzene rings is 2. The summed E-state index contributed by atoms with van der Waals surface area (Å²) < 4.78 is 12.0. The number of methoxy groups -OCH3 is 1. The summed E-state index contributed by atoms with van der Waals surface area (Å²) >= 11 is 0. The summed E-state index contributed by atoms with van der Waals surface area (Å²) in [5.41, 5.74) is 1.85. The molecule has 0 aliphatic heterocycles. The summed E-state index contributed by atoms with van der Waals surface area (Å²) in [6.07, 6.45) is -0.950. The van der Waals surface area contributed by atoms with Crippen LogP contribution >= 0.6 is 0 Å². The Balaban J connectivity index is 2.03. The van der Waals surface area contributed by atoms with Crippen molar-refractivity contribution in [2.24, 2.45) is 0 Å². The lowest BCUT2D eigenvalue weighted by Gasteiger charge is -2.19. The number of ether oxygens (including phenoxy) is 2. The number of aryl methyl sites for hydroxylation is 2. The number of aromatic nitrogens is 1. The average molecular weight is 447 g/mol. The van der Waals surface area contributed by atoms with Gasteiger partial charge in [-0.1, -0.05) is 18.2 Å². The molecule has 1 unspecified atom stereocenters. The first-order valence-corrected chi connectivity index (χ1v) is 10.4. The molecule has 1 atom stereocenters. The Labute approximate surface area is 192 Å². The molecular formula is C26H26N2O5. The van der Waals surface area contributed by atoms with Crippen LogP contribution in [0.5, 0.6) is 17.4 Å². The smallest absolute Gasteiger partial charge is 0.271 e. The predicted molar refractivity (Wildman–Crippen MR) is 124 cm³/mol. The molecule has 0 aliphatic carbocycles. The Morgan fingerprint density at radius 3 is 2.24 bits per heavy atom. The standard InChI is InChI=1S/C26H26N2O5/c1-15-10-16(2)12-21(11-15)33-18(4)24(29)23-17(3)22(13-27)25(30)28(26(23)31)14-19-6-8-20(32-5)9-7-19/h6-12,18,31H,14H2,1-5H3. The minimum Gasteiger partial charge on any atom is -0.497 e. The molecule has 7 nitrogen and oxygen atoms in total. The summed E-state index contributed by atoms with van der Waals surface area (Å²) in [6.45, 7) is 6.89. The van der Waals surface area contributed by atoms with Gasteiger partial charge in [-0.2, -0.15) is 5.26 Å². The summed E-state index contributed by atoms with van der Waals surface area (Å²) in [4.78, 5) is 26.2. The summed E-state index contributed by atoms with van der Waals surface area (Å²) in [6, 6.07) is 14.4. The zero-order chi connectivity index (χ0) is 24.3. The molecule has 0 amide bonds. The second-order valence-electron chi connectivity index (χ2n) is 8.00. The second-order valence-corrected chi connectivity index (χ2v) is 8.00. The number of nitrogens with zero attached hydrogens (tertiary/aromatic N) is 2. The van der Waals surface area contributed by atoms with Crippen LogP contribution in [0.15, 0.2) is 47.3 Å². The molecular weight excluding hydrogens is 420 g/mol. The lowest BCUT2D eigenvalue weighted by Crippen LogP contribution is -2.31. The lowest BCUT2D eigenvalue weighted by atomic mass is 9.99. The van der Waals surface area contributed by atoms with E-state index in [0.29, 0.717) is 17.1 Å². The number of Topliss-reactive ketones (excluding diaryl/α,β-unsaturated/α-hetero) is 1. The maximum Gasteiger partial charge on any atom is 0.271 e. The fourth-order valence-electron chi connectivity index (χ4n) is 3.77. The van der Waals surface area contributed by atoms with Crippen molar-refractivity contribution in [1.82, 2.24) is 4.57 Å². The molecule has 0 bridgehead atoms. The van der Waals surface area contributed by atoms with Crippen molar-refractivity contribution >= 4 is 5.78 Å². The molecule has 7 heteroatoms. The Hall–Kier alpha value is -4.05. The largest absolute Gasteiger partial charge is 0.497 e. The maximum absolute atomic E-state index is 13.3. The minimum atomic E-state index is -0.950. The van der Waals surface area contributed by atoms with Gasteiger partial charge in [-0.25, -0.2) is 0 Å². The van der Waals surface area contributed by atoms with Crippen LogP contribution in [0.2, 0.25) is 0 Å². The van der Waals surface area contributed by atoms with Crippen molar-refractivity contribution in [2.45, 2.75) is 40.3 Å². The number of ketones is 1. The first-order valence-electron chi connectivity index (χ1n) is 10.4. The van der Waals surface area contributed by atoms with Crippen LogP contribution in [0.3, 0.4) is 0 Å². The molecule has 33 heavy (non-hydrogen) atoms. The molecule has 170 valence electrons. The highest BCUT2D eigenvalue weighted by Gasteiger charge is 2.28. The third-order valence-corrected chi connectivity index (χ3v) is 5.42. The van der Waals surface area contributed by atoms with Crippen molar-refractivity contribution in [3.63, 3.8) is 0 Å². The third kappa shape index (κ3) is 4.90. The van der Waals surface area contributed by atoms with Gasteiger partial charge >= 0.3 is 0 Å². The minimum absolute atomic E-state index is 0.0176. The molecule has 3 rings (SSSR count). The monoisotopic (exact) mass is 446 g/mol. The third-order valence-electron chi connectivity index (χ3n) is 5.42. The van der Waals surface area contributed by atoms with Crippen molar-refractivity contribution < 1.29 is 19.4 Å². The number of nitriles is 1. The van der Waals surface area contributed by atoms with E-state index in [4.69, 9.17) is 9.47 Å². The molecule has 0 fully saturated rings. The van der Waals surface area contributed by atoms with E-state index in [1.165, 1.54) is 6.92 Å². The van der Waals surface area contributed by atoms with Gasteiger partial charge in [-0.15, -0.1) is 0 Å². The number of hydrogen-bond acceptors (Lipinski definition) is 6. The summed E-state index contributed by atoms with van der Waals surface area (Å²) in [7, 11) is 1.55. The molecule has 0 aliphatic rings. The van der Waals surface area contributed by atoms with Crippen LogP contribution in [0.4, 0.5) is 0 Å². The van der Waals surface area contributed by atoms with Gasteiger partial charge in [-0.3, -0.25) is 14.2 Å². The molecule has 1 heterocycles. The van der Waals surface area contributed by atoms with Crippen LogP contribution in [0.25, 0.3) is 0 Å². The van der Waals surface area contributed by atoms with Gasteiger partial charge in [-0.05, 0) is 74.2 Å². The zero-order valence-electron chi connectivity index (χ0n) is 19.3. The normalized spacial score (nSPS) is 11.5. The summed E-state index contributed by atoms with van der Waals surface area (Å²) in [5.74, 6) is 0.153. The second kappa shape index (κ2) is 9.61. The zero-order valence-corrected chi connectivity index (χ0v) is 19.3. The highest BCUT2D eigenvalue weighted by atomic mass is 16.5. The van der Waals surface area contributed by atoms with Gasteiger partial charge in [0.25, 0.3) is 5.56 Å². The average Bonchev–Trinajstić information content (AvgIpc) is 2.76. The lowest BCUT2D eigenvalue weighted by molar-refractivity contribution is 0.0812. The van der Waals surface area contributed by atoms with Crippen LogP contribution in [-0.4, -0.2) is 28.7 Å². The number of rotatable bonds is 7. The van der Waals surface area contributed by atoms with Crippen LogP contribution in [0, 0.1) is 32.1 Å². The van der Waals surface area contributed by atoms with E-state index >= 15 is 0 Å². The van der Waals surface area contributed by atoms with E-state index in [1.807, 2.05) is 38.1 Å². The van der Waals surface area contributed by atoms with Crippen molar-refractivity contribution in [3.8, 4) is 23.4 Å². The number of pyridine rings is 1. The fraction of sp³-hybridized carbons (Fsp3) is 0.269. The van der Waals surface area contributed by atoms with Crippen LogP contribution < -0.4 is 15.0 Å². The predicted octanol–water partition coefficient (Wildman–Crippen LogP) is 4.06. The maximum atomic E-state index is 13.3. The molecule has 0 saturated carbocycles. The summed E-state index contributed by atoms with van der Waals surface area (Å²) in [5, 5.41) is 20.5. The van der Waals surface area contributed by atoms with Gasteiger partial charge in [0.05, 0.1) is 19.2 Å². The SMILES string of the molecule is COc1ccc(Cn2c(O)c(C(=O)C(C)Oc3cc(C)cc(C)c3)c(C)c(C#N)c2=O)cc1. The molecule has 1 N–H and O–H groups in total. The van der Waals surface area contributed by atoms with Crippen molar-refractivity contribution in [3.05, 3.63) is 86.2 Å². The Bertz CT molecular complexity index is 1280. The van der Waals surface area contributed by atoms with E-state index in [9.17, 15) is 20.0 Å². The highest BCUT2D eigenvalue weighted by molar-refractivity contribution is 6.03. The molecule has 0 spiro atoms. The quantitative estimate of drug-likeness (QED) is 0.549. The Morgan fingerprint density at radius 1 is 1.09 bits per heavy atom. The van der Waals surface area contributed by atoms with Gasteiger partial charge in [0, 0.05) is 0 Å². The van der Waals surface area contributed by atoms with E-state index < -0.39 is 23.3 Å². The first-order chi connectivity index (χ1) is 15.7. The molecule has 1 aromatic heterocycles. The van der Waals surface area contributed by atoms with Crippen LogP contribution in [-0.2, 0) is 6.54 Å².